The summed E-state index contributed by atoms with van der Waals surface area (Å²) in [4.78, 5) is 0. The van der Waals surface area contributed by atoms with E-state index in [4.69, 9.17) is 11.6 Å². The smallest absolute Gasteiger partial charge is 0.0600 e. The molecule has 0 aromatic heterocycles. The Morgan fingerprint density at radius 3 is 2.42 bits per heavy atom. The average molecular weight is 404 g/mol. The Balaban J connectivity index is 2.52. The molecule has 0 aliphatic carbocycles. The molecule has 1 N–H and O–H groups in total. The van der Waals surface area contributed by atoms with Gasteiger partial charge in [0.15, 0.2) is 0 Å². The third-order valence-corrected chi connectivity index (χ3v) is 4.57. The van der Waals surface area contributed by atoms with Crippen molar-refractivity contribution in [2.75, 3.05) is 7.05 Å². The van der Waals surface area contributed by atoms with Crippen LogP contribution in [0.15, 0.2) is 45.3 Å². The zero-order valence-electron chi connectivity index (χ0n) is 10.7. The Bertz CT molecular complexity index is 599. The first-order valence-electron chi connectivity index (χ1n) is 5.91. The van der Waals surface area contributed by atoms with Crippen molar-refractivity contribution >= 4 is 43.5 Å². The van der Waals surface area contributed by atoms with Crippen molar-refractivity contribution < 1.29 is 0 Å². The molecule has 0 aliphatic rings. The summed E-state index contributed by atoms with van der Waals surface area (Å²) in [5.41, 5.74) is 3.40. The van der Waals surface area contributed by atoms with E-state index in [1.807, 2.05) is 32.2 Å². The molecular formula is C15H14Br2ClN. The van der Waals surface area contributed by atoms with Gasteiger partial charge in [0, 0.05) is 14.0 Å². The normalized spacial score (nSPS) is 12.5. The summed E-state index contributed by atoms with van der Waals surface area (Å²) in [6.45, 7) is 2.04. The third kappa shape index (κ3) is 3.40. The molecule has 0 aliphatic heterocycles. The number of hydrogen-bond acceptors (Lipinski definition) is 1. The maximum absolute atomic E-state index is 6.38. The van der Waals surface area contributed by atoms with Crippen molar-refractivity contribution in [2.24, 2.45) is 0 Å². The molecule has 0 saturated carbocycles. The maximum atomic E-state index is 6.38. The predicted molar refractivity (Wildman–Crippen MR) is 88.9 cm³/mol. The molecule has 1 unspecified atom stereocenters. The number of hydrogen-bond donors (Lipinski definition) is 1. The van der Waals surface area contributed by atoms with E-state index in [0.29, 0.717) is 0 Å². The van der Waals surface area contributed by atoms with E-state index >= 15 is 0 Å². The molecule has 0 spiro atoms. The van der Waals surface area contributed by atoms with E-state index in [-0.39, 0.29) is 6.04 Å². The van der Waals surface area contributed by atoms with Gasteiger partial charge in [0.2, 0.25) is 0 Å². The number of halogens is 3. The van der Waals surface area contributed by atoms with Gasteiger partial charge in [0.1, 0.15) is 0 Å². The van der Waals surface area contributed by atoms with E-state index in [2.05, 4.69) is 55.4 Å². The molecule has 0 heterocycles. The lowest BCUT2D eigenvalue weighted by Gasteiger charge is -2.20. The van der Waals surface area contributed by atoms with Gasteiger partial charge in [0.05, 0.1) is 6.04 Å². The SMILES string of the molecule is CNC(c1ccc(C)cc1Cl)c1cc(Br)ccc1Br. The minimum absolute atomic E-state index is 0.0555. The summed E-state index contributed by atoms with van der Waals surface area (Å²) in [6, 6.07) is 12.3. The number of aryl methyl sites for hydroxylation is 1. The first-order chi connectivity index (χ1) is 9.02. The quantitative estimate of drug-likeness (QED) is 0.715. The highest BCUT2D eigenvalue weighted by atomic mass is 79.9. The average Bonchev–Trinajstić information content (AvgIpc) is 2.36. The second-order valence-corrected chi connectivity index (χ2v) is 6.59. The van der Waals surface area contributed by atoms with Crippen LogP contribution in [-0.2, 0) is 0 Å². The Morgan fingerprint density at radius 2 is 1.79 bits per heavy atom. The van der Waals surface area contributed by atoms with Crippen molar-refractivity contribution in [3.63, 3.8) is 0 Å². The van der Waals surface area contributed by atoms with Gasteiger partial charge in [-0.25, -0.2) is 0 Å². The van der Waals surface area contributed by atoms with Crippen molar-refractivity contribution in [3.8, 4) is 0 Å². The fourth-order valence-corrected chi connectivity index (χ4v) is 3.28. The summed E-state index contributed by atoms with van der Waals surface area (Å²) in [6.07, 6.45) is 0. The zero-order valence-corrected chi connectivity index (χ0v) is 14.6. The van der Waals surface area contributed by atoms with E-state index in [0.717, 1.165) is 30.7 Å². The first kappa shape index (κ1) is 15.0. The molecule has 0 fully saturated rings. The molecule has 2 aromatic carbocycles. The van der Waals surface area contributed by atoms with E-state index in [1.165, 1.54) is 0 Å². The number of nitrogens with one attached hydrogen (secondary N) is 1. The van der Waals surface area contributed by atoms with Crippen LogP contribution in [0.1, 0.15) is 22.7 Å². The van der Waals surface area contributed by atoms with Crippen LogP contribution in [0.4, 0.5) is 0 Å². The van der Waals surface area contributed by atoms with Gasteiger partial charge in [-0.3, -0.25) is 0 Å². The molecule has 0 saturated heterocycles. The fraction of sp³-hybridized carbons (Fsp3) is 0.200. The van der Waals surface area contributed by atoms with Crippen LogP contribution in [0.2, 0.25) is 5.02 Å². The van der Waals surface area contributed by atoms with Crippen LogP contribution in [0.3, 0.4) is 0 Å². The van der Waals surface area contributed by atoms with Gasteiger partial charge < -0.3 is 5.32 Å². The Kier molecular flexibility index (Phi) is 5.07. The molecule has 4 heteroatoms. The molecule has 2 aromatic rings. The van der Waals surface area contributed by atoms with Gasteiger partial charge >= 0.3 is 0 Å². The third-order valence-electron chi connectivity index (χ3n) is 3.02. The lowest BCUT2D eigenvalue weighted by Crippen LogP contribution is -2.18. The molecular weight excluding hydrogens is 389 g/mol. The van der Waals surface area contributed by atoms with Crippen molar-refractivity contribution in [3.05, 3.63) is 67.1 Å². The molecule has 0 radical (unpaired) electrons. The Morgan fingerprint density at radius 1 is 1.05 bits per heavy atom. The molecule has 100 valence electrons. The van der Waals surface area contributed by atoms with Crippen LogP contribution in [0.25, 0.3) is 0 Å². The summed E-state index contributed by atoms with van der Waals surface area (Å²) in [5, 5.41) is 4.11. The van der Waals surface area contributed by atoms with Gasteiger partial charge in [-0.1, -0.05) is 55.6 Å². The van der Waals surface area contributed by atoms with E-state index < -0.39 is 0 Å². The summed E-state index contributed by atoms with van der Waals surface area (Å²) < 4.78 is 2.11. The van der Waals surface area contributed by atoms with Crippen LogP contribution in [0.5, 0.6) is 0 Å². The zero-order chi connectivity index (χ0) is 14.0. The lowest BCUT2D eigenvalue weighted by molar-refractivity contribution is 0.688. The highest BCUT2D eigenvalue weighted by Crippen LogP contribution is 2.34. The predicted octanol–water partition coefficient (Wildman–Crippen LogP) is 5.48. The van der Waals surface area contributed by atoms with Gasteiger partial charge in [-0.2, -0.15) is 0 Å². The minimum atomic E-state index is 0.0555. The molecule has 2 rings (SSSR count). The van der Waals surface area contributed by atoms with E-state index in [9.17, 15) is 0 Å². The number of benzene rings is 2. The number of rotatable bonds is 3. The van der Waals surface area contributed by atoms with E-state index in [1.54, 1.807) is 0 Å². The maximum Gasteiger partial charge on any atom is 0.0600 e. The van der Waals surface area contributed by atoms with Crippen molar-refractivity contribution in [1.82, 2.24) is 5.32 Å². The second kappa shape index (κ2) is 6.40. The van der Waals surface area contributed by atoms with Crippen LogP contribution >= 0.6 is 43.5 Å². The Labute approximate surface area is 135 Å². The van der Waals surface area contributed by atoms with Crippen LogP contribution < -0.4 is 5.32 Å². The highest BCUT2D eigenvalue weighted by molar-refractivity contribution is 9.11. The van der Waals surface area contributed by atoms with Crippen molar-refractivity contribution in [1.29, 1.82) is 0 Å². The van der Waals surface area contributed by atoms with Gasteiger partial charge in [-0.15, -0.1) is 0 Å². The monoisotopic (exact) mass is 401 g/mol. The molecule has 0 amide bonds. The first-order valence-corrected chi connectivity index (χ1v) is 7.87. The molecule has 1 nitrogen and oxygen atoms in total. The Hall–Kier alpha value is -0.350. The van der Waals surface area contributed by atoms with Crippen LogP contribution in [0, 0.1) is 6.92 Å². The van der Waals surface area contributed by atoms with Gasteiger partial charge in [-0.05, 0) is 54.9 Å². The minimum Gasteiger partial charge on any atom is -0.309 e. The summed E-state index contributed by atoms with van der Waals surface area (Å²) in [7, 11) is 1.94. The van der Waals surface area contributed by atoms with Crippen molar-refractivity contribution in [2.45, 2.75) is 13.0 Å². The summed E-state index contributed by atoms with van der Waals surface area (Å²) in [5.74, 6) is 0. The molecule has 1 atom stereocenters. The summed E-state index contributed by atoms with van der Waals surface area (Å²) >= 11 is 13.5. The lowest BCUT2D eigenvalue weighted by atomic mass is 9.98. The second-order valence-electron chi connectivity index (χ2n) is 4.41. The van der Waals surface area contributed by atoms with Gasteiger partial charge in [0.25, 0.3) is 0 Å². The fourth-order valence-electron chi connectivity index (χ4n) is 2.08. The topological polar surface area (TPSA) is 12.0 Å². The highest BCUT2D eigenvalue weighted by Gasteiger charge is 2.18. The standard InChI is InChI=1S/C15H14Br2ClN/c1-9-3-5-11(14(18)7-9)15(19-2)12-8-10(16)4-6-13(12)17/h3-8,15,19H,1-2H3. The van der Waals surface area contributed by atoms with Crippen LogP contribution in [-0.4, -0.2) is 7.05 Å². The molecule has 19 heavy (non-hydrogen) atoms. The largest absolute Gasteiger partial charge is 0.309 e. The molecule has 0 bridgehead atoms.